The van der Waals surface area contributed by atoms with Crippen molar-refractivity contribution in [2.24, 2.45) is 0 Å². The maximum absolute atomic E-state index is 12.1. The van der Waals surface area contributed by atoms with Crippen LogP contribution < -0.4 is 0 Å². The Morgan fingerprint density at radius 1 is 1.14 bits per heavy atom. The summed E-state index contributed by atoms with van der Waals surface area (Å²) >= 11 is 2.00. The summed E-state index contributed by atoms with van der Waals surface area (Å²) in [6, 6.07) is 4.79. The second-order valence-electron chi connectivity index (χ2n) is 2.38. The molecule has 0 saturated carbocycles. The molecule has 0 unspecified atom stereocenters. The van der Waals surface area contributed by atoms with Crippen LogP contribution in [0.1, 0.15) is 11.1 Å². The van der Waals surface area contributed by atoms with Gasteiger partial charge >= 0.3 is 6.18 Å². The van der Waals surface area contributed by atoms with Gasteiger partial charge in [0.2, 0.25) is 0 Å². The molecule has 5 heteroatoms. The molecular formula is C9H4F3IS. The van der Waals surface area contributed by atoms with E-state index >= 15 is 0 Å². The van der Waals surface area contributed by atoms with Crippen LogP contribution >= 0.6 is 30.1 Å². The Labute approximate surface area is 95.9 Å². The van der Waals surface area contributed by atoms with Gasteiger partial charge in [-0.05, 0) is 38.5 Å². The molecule has 74 valence electrons. The van der Waals surface area contributed by atoms with Crippen molar-refractivity contribution < 1.29 is 13.2 Å². The lowest BCUT2D eigenvalue weighted by molar-refractivity contribution is -0.137. The second-order valence-corrected chi connectivity index (χ2v) is 4.06. The summed E-state index contributed by atoms with van der Waals surface area (Å²) < 4.78 is 36.4. The van der Waals surface area contributed by atoms with Gasteiger partial charge in [-0.2, -0.15) is 13.2 Å². The molecular weight excluding hydrogens is 324 g/mol. The van der Waals surface area contributed by atoms with Gasteiger partial charge in [0.1, 0.15) is 0 Å². The molecule has 0 N–H and O–H groups in total. The average molecular weight is 328 g/mol. The molecule has 0 atom stereocenters. The highest BCUT2D eigenvalue weighted by atomic mass is 127. The van der Waals surface area contributed by atoms with Gasteiger partial charge in [0.15, 0.2) is 0 Å². The van der Waals surface area contributed by atoms with Crippen molar-refractivity contribution in [2.45, 2.75) is 6.18 Å². The highest BCUT2D eigenvalue weighted by Gasteiger charge is 2.29. The number of halogens is 4. The number of alkyl halides is 3. The molecule has 0 bridgehead atoms. The van der Waals surface area contributed by atoms with Crippen LogP contribution in [0.3, 0.4) is 0 Å². The van der Waals surface area contributed by atoms with E-state index < -0.39 is 11.7 Å². The Morgan fingerprint density at radius 3 is 2.14 bits per heavy atom. The minimum absolute atomic E-state index is 0.585. The fourth-order valence-corrected chi connectivity index (χ4v) is 1.31. The van der Waals surface area contributed by atoms with Gasteiger partial charge in [0, 0.05) is 26.8 Å². The van der Waals surface area contributed by atoms with Crippen molar-refractivity contribution in [3.63, 3.8) is 0 Å². The lowest BCUT2D eigenvalue weighted by Gasteiger charge is -2.05. The summed E-state index contributed by atoms with van der Waals surface area (Å²) in [5.41, 5.74) is -0.0626. The normalized spacial score (nSPS) is 10.6. The SMILES string of the molecule is FC(F)(F)c1ccc(C#CSI)cc1. The van der Waals surface area contributed by atoms with Crippen molar-refractivity contribution in [3.05, 3.63) is 35.4 Å². The van der Waals surface area contributed by atoms with E-state index in [9.17, 15) is 13.2 Å². The third kappa shape index (κ3) is 3.42. The fourth-order valence-electron chi connectivity index (χ4n) is 0.821. The zero-order valence-corrected chi connectivity index (χ0v) is 9.70. The first kappa shape index (κ1) is 11.7. The molecule has 0 radical (unpaired) electrons. The molecule has 0 amide bonds. The van der Waals surface area contributed by atoms with Gasteiger partial charge in [0.25, 0.3) is 0 Å². The van der Waals surface area contributed by atoms with Crippen molar-refractivity contribution in [1.82, 2.24) is 0 Å². The third-order valence-electron chi connectivity index (χ3n) is 1.45. The largest absolute Gasteiger partial charge is 0.416 e. The van der Waals surface area contributed by atoms with Crippen LogP contribution in [-0.4, -0.2) is 0 Å². The van der Waals surface area contributed by atoms with E-state index in [1.165, 1.54) is 21.1 Å². The highest BCUT2D eigenvalue weighted by molar-refractivity contribution is 14.2. The maximum Gasteiger partial charge on any atom is 0.416 e. The van der Waals surface area contributed by atoms with E-state index in [0.29, 0.717) is 5.56 Å². The second kappa shape index (κ2) is 4.94. The van der Waals surface area contributed by atoms with E-state index in [0.717, 1.165) is 12.1 Å². The lowest BCUT2D eigenvalue weighted by Crippen LogP contribution is -2.03. The molecule has 0 heterocycles. The first-order chi connectivity index (χ1) is 6.54. The molecule has 1 aromatic carbocycles. The standard InChI is InChI=1S/C9H4F3IS/c10-9(11,12)8-3-1-7(2-4-8)5-6-14-13/h1-4H. The minimum Gasteiger partial charge on any atom is -0.166 e. The van der Waals surface area contributed by atoms with Crippen LogP contribution in [0.5, 0.6) is 0 Å². The molecule has 0 aliphatic carbocycles. The Kier molecular flexibility index (Phi) is 4.13. The van der Waals surface area contributed by atoms with Gasteiger partial charge in [-0.3, -0.25) is 0 Å². The summed E-state index contributed by atoms with van der Waals surface area (Å²) in [6.07, 6.45) is -4.27. The van der Waals surface area contributed by atoms with Gasteiger partial charge in [0.05, 0.1) is 5.56 Å². The number of benzene rings is 1. The number of hydrogen-bond acceptors (Lipinski definition) is 1. The quantitative estimate of drug-likeness (QED) is 0.510. The van der Waals surface area contributed by atoms with E-state index in [1.807, 2.05) is 21.2 Å². The molecule has 0 nitrogen and oxygen atoms in total. The lowest BCUT2D eigenvalue weighted by atomic mass is 10.1. The van der Waals surface area contributed by atoms with Gasteiger partial charge < -0.3 is 0 Å². The maximum atomic E-state index is 12.1. The van der Waals surface area contributed by atoms with Crippen LogP contribution in [0.25, 0.3) is 0 Å². The number of rotatable bonds is 0. The smallest absolute Gasteiger partial charge is 0.166 e. The van der Waals surface area contributed by atoms with Crippen LogP contribution in [0.4, 0.5) is 13.2 Å². The van der Waals surface area contributed by atoms with E-state index in [-0.39, 0.29) is 0 Å². The minimum atomic E-state index is -4.27. The topological polar surface area (TPSA) is 0 Å². The molecule has 0 fully saturated rings. The van der Waals surface area contributed by atoms with E-state index in [4.69, 9.17) is 0 Å². The summed E-state index contributed by atoms with van der Waals surface area (Å²) in [5.74, 6) is 2.71. The average Bonchev–Trinajstić information content (AvgIpc) is 2.14. The molecule has 0 spiro atoms. The Bertz CT molecular complexity index is 358. The zero-order chi connectivity index (χ0) is 10.6. The van der Waals surface area contributed by atoms with Crippen LogP contribution in [0.2, 0.25) is 0 Å². The van der Waals surface area contributed by atoms with Crippen molar-refractivity contribution in [2.75, 3.05) is 0 Å². The monoisotopic (exact) mass is 328 g/mol. The molecule has 0 aliphatic rings. The Hall–Kier alpha value is -0.350. The van der Waals surface area contributed by atoms with Gasteiger partial charge in [-0.1, -0.05) is 5.92 Å². The molecule has 14 heavy (non-hydrogen) atoms. The van der Waals surface area contributed by atoms with Crippen molar-refractivity contribution in [1.29, 1.82) is 0 Å². The van der Waals surface area contributed by atoms with Crippen molar-refractivity contribution >= 4 is 30.1 Å². The van der Waals surface area contributed by atoms with Gasteiger partial charge in [-0.15, -0.1) is 0 Å². The predicted octanol–water partition coefficient (Wildman–Crippen LogP) is 4.10. The summed E-state index contributed by atoms with van der Waals surface area (Å²) in [7, 11) is 1.29. The van der Waals surface area contributed by atoms with Crippen molar-refractivity contribution in [3.8, 4) is 11.2 Å². The number of hydrogen-bond donors (Lipinski definition) is 0. The highest BCUT2D eigenvalue weighted by Crippen LogP contribution is 2.28. The van der Waals surface area contributed by atoms with Crippen LogP contribution in [-0.2, 0) is 6.18 Å². The van der Waals surface area contributed by atoms with Crippen LogP contribution in [0.15, 0.2) is 24.3 Å². The van der Waals surface area contributed by atoms with Gasteiger partial charge in [-0.25, -0.2) is 0 Å². The summed E-state index contributed by atoms with van der Waals surface area (Å²) in [6.45, 7) is 0. The summed E-state index contributed by atoms with van der Waals surface area (Å²) in [5, 5.41) is 2.69. The molecule has 0 saturated heterocycles. The van der Waals surface area contributed by atoms with Crippen LogP contribution in [0, 0.1) is 11.2 Å². The fraction of sp³-hybridized carbons (Fsp3) is 0.111. The third-order valence-corrected chi connectivity index (χ3v) is 2.29. The first-order valence-corrected chi connectivity index (χ1v) is 6.86. The van der Waals surface area contributed by atoms with E-state index in [2.05, 4.69) is 11.2 Å². The molecule has 1 rings (SSSR count). The predicted molar refractivity (Wildman–Crippen MR) is 59.9 cm³/mol. The zero-order valence-electron chi connectivity index (χ0n) is 6.73. The summed E-state index contributed by atoms with van der Waals surface area (Å²) in [4.78, 5) is 0. The molecule has 1 aromatic rings. The Balaban J connectivity index is 2.89. The first-order valence-electron chi connectivity index (χ1n) is 3.50. The Morgan fingerprint density at radius 2 is 1.71 bits per heavy atom. The molecule has 0 aliphatic heterocycles. The van der Waals surface area contributed by atoms with E-state index in [1.54, 1.807) is 0 Å². The molecule has 0 aromatic heterocycles.